The third-order valence-electron chi connectivity index (χ3n) is 2.42. The minimum Gasteiger partial charge on any atom is -0.364 e. The highest BCUT2D eigenvalue weighted by atomic mass is 16.6. The van der Waals surface area contributed by atoms with Crippen molar-refractivity contribution in [2.75, 3.05) is 6.61 Å². The summed E-state index contributed by atoms with van der Waals surface area (Å²) in [6, 6.07) is 5.77. The summed E-state index contributed by atoms with van der Waals surface area (Å²) in [7, 11) is 0. The van der Waals surface area contributed by atoms with E-state index in [1.54, 1.807) is 0 Å². The first-order valence-electron chi connectivity index (χ1n) is 4.41. The van der Waals surface area contributed by atoms with Gasteiger partial charge in [0.1, 0.15) is 6.10 Å². The number of hydrogen-bond donors (Lipinski definition) is 0. The number of carbonyl (C=O) groups excluding carboxylic acids is 1. The number of carbonyl (C=O) groups is 1. The number of rotatable bonds is 2. The van der Waals surface area contributed by atoms with E-state index in [9.17, 15) is 4.79 Å². The Morgan fingerprint density at radius 3 is 2.62 bits per heavy atom. The minimum atomic E-state index is -0.165. The third kappa shape index (κ3) is 1.63. The Morgan fingerprint density at radius 2 is 2.08 bits per heavy atom. The standard InChI is InChI=1S/C11H12O2/c1-7-3-4-9(5-8(7)2)11(12)10-6-13-10/h3-5,10H,6H2,1-2H3. The summed E-state index contributed by atoms with van der Waals surface area (Å²) >= 11 is 0. The van der Waals surface area contributed by atoms with E-state index < -0.39 is 0 Å². The van der Waals surface area contributed by atoms with Crippen LogP contribution in [0.5, 0.6) is 0 Å². The molecule has 1 atom stereocenters. The maximum absolute atomic E-state index is 11.5. The van der Waals surface area contributed by atoms with Gasteiger partial charge in [-0.25, -0.2) is 0 Å². The van der Waals surface area contributed by atoms with E-state index in [0.717, 1.165) is 11.1 Å². The van der Waals surface area contributed by atoms with Crippen LogP contribution in [0.3, 0.4) is 0 Å². The van der Waals surface area contributed by atoms with Crippen molar-refractivity contribution in [1.82, 2.24) is 0 Å². The van der Waals surface area contributed by atoms with E-state index in [0.29, 0.717) is 6.61 Å². The van der Waals surface area contributed by atoms with Gasteiger partial charge in [0.2, 0.25) is 0 Å². The molecule has 1 heterocycles. The van der Waals surface area contributed by atoms with Crippen LogP contribution in [0.2, 0.25) is 0 Å². The van der Waals surface area contributed by atoms with Crippen LogP contribution in [-0.4, -0.2) is 18.5 Å². The first kappa shape index (κ1) is 8.45. The number of benzene rings is 1. The first-order chi connectivity index (χ1) is 6.18. The van der Waals surface area contributed by atoms with E-state index in [4.69, 9.17) is 4.74 Å². The maximum Gasteiger partial charge on any atom is 0.193 e. The fourth-order valence-electron chi connectivity index (χ4n) is 1.28. The largest absolute Gasteiger partial charge is 0.364 e. The van der Waals surface area contributed by atoms with Crippen LogP contribution < -0.4 is 0 Å². The first-order valence-corrected chi connectivity index (χ1v) is 4.41. The number of epoxide rings is 1. The van der Waals surface area contributed by atoms with Gasteiger partial charge < -0.3 is 4.74 Å². The summed E-state index contributed by atoms with van der Waals surface area (Å²) in [5.41, 5.74) is 3.14. The van der Waals surface area contributed by atoms with Gasteiger partial charge in [-0.05, 0) is 31.0 Å². The van der Waals surface area contributed by atoms with Crippen molar-refractivity contribution in [3.63, 3.8) is 0 Å². The van der Waals surface area contributed by atoms with E-state index in [1.165, 1.54) is 5.56 Å². The van der Waals surface area contributed by atoms with Gasteiger partial charge in [-0.1, -0.05) is 12.1 Å². The SMILES string of the molecule is Cc1ccc(C(=O)C2CO2)cc1C. The second kappa shape index (κ2) is 2.96. The van der Waals surface area contributed by atoms with Gasteiger partial charge in [-0.2, -0.15) is 0 Å². The Labute approximate surface area is 77.5 Å². The van der Waals surface area contributed by atoms with Crippen LogP contribution in [0, 0.1) is 13.8 Å². The van der Waals surface area contributed by atoms with Crippen molar-refractivity contribution in [3.8, 4) is 0 Å². The predicted molar refractivity (Wildman–Crippen MR) is 50.0 cm³/mol. The van der Waals surface area contributed by atoms with E-state index in [2.05, 4.69) is 0 Å². The molecule has 0 amide bonds. The molecule has 1 aromatic carbocycles. The molecule has 1 unspecified atom stereocenters. The molecule has 1 aliphatic rings. The lowest BCUT2D eigenvalue weighted by atomic mass is 10.0. The fraction of sp³-hybridized carbons (Fsp3) is 0.364. The van der Waals surface area contributed by atoms with Gasteiger partial charge in [0, 0.05) is 5.56 Å². The summed E-state index contributed by atoms with van der Waals surface area (Å²) < 4.78 is 4.95. The molecule has 1 saturated heterocycles. The number of Topliss-reactive ketones (excluding diaryl/α,β-unsaturated/α-hetero) is 1. The lowest BCUT2D eigenvalue weighted by molar-refractivity contribution is 0.0953. The average Bonchev–Trinajstić information content (AvgIpc) is 2.91. The molecular weight excluding hydrogens is 164 g/mol. The molecule has 0 bridgehead atoms. The second-order valence-electron chi connectivity index (χ2n) is 3.49. The quantitative estimate of drug-likeness (QED) is 0.508. The molecular formula is C11H12O2. The number of ether oxygens (including phenoxy) is 1. The molecule has 2 nitrogen and oxygen atoms in total. The van der Waals surface area contributed by atoms with Crippen LogP contribution in [0.1, 0.15) is 21.5 Å². The summed E-state index contributed by atoms with van der Waals surface area (Å²) in [5.74, 6) is 0.114. The van der Waals surface area contributed by atoms with Crippen molar-refractivity contribution in [3.05, 3.63) is 34.9 Å². The lowest BCUT2D eigenvalue weighted by Crippen LogP contribution is -2.07. The maximum atomic E-state index is 11.5. The van der Waals surface area contributed by atoms with Crippen LogP contribution in [-0.2, 0) is 4.74 Å². The van der Waals surface area contributed by atoms with Crippen molar-refractivity contribution >= 4 is 5.78 Å². The number of hydrogen-bond acceptors (Lipinski definition) is 2. The normalized spacial score (nSPS) is 20.0. The molecule has 0 N–H and O–H groups in total. The molecule has 1 aliphatic heterocycles. The fourth-order valence-corrected chi connectivity index (χ4v) is 1.28. The van der Waals surface area contributed by atoms with Crippen LogP contribution in [0.15, 0.2) is 18.2 Å². The van der Waals surface area contributed by atoms with Gasteiger partial charge in [-0.15, -0.1) is 0 Å². The molecule has 68 valence electrons. The molecule has 0 aromatic heterocycles. The highest BCUT2D eigenvalue weighted by molar-refractivity contribution is 6.01. The lowest BCUT2D eigenvalue weighted by Gasteiger charge is -2.02. The third-order valence-corrected chi connectivity index (χ3v) is 2.42. The van der Waals surface area contributed by atoms with Crippen LogP contribution in [0.4, 0.5) is 0 Å². The Bertz CT molecular complexity index is 351. The second-order valence-corrected chi connectivity index (χ2v) is 3.49. The van der Waals surface area contributed by atoms with Gasteiger partial charge in [0.15, 0.2) is 5.78 Å². The van der Waals surface area contributed by atoms with Gasteiger partial charge in [0.25, 0.3) is 0 Å². The zero-order chi connectivity index (χ0) is 9.42. The minimum absolute atomic E-state index is 0.114. The predicted octanol–water partition coefficient (Wildman–Crippen LogP) is 1.88. The molecule has 1 fully saturated rings. The summed E-state index contributed by atoms with van der Waals surface area (Å²) in [4.78, 5) is 11.5. The average molecular weight is 176 g/mol. The molecule has 0 spiro atoms. The Balaban J connectivity index is 2.30. The van der Waals surface area contributed by atoms with Crippen molar-refractivity contribution in [2.24, 2.45) is 0 Å². The molecule has 2 rings (SSSR count). The molecule has 0 aliphatic carbocycles. The zero-order valence-electron chi connectivity index (χ0n) is 7.83. The molecule has 1 aromatic rings. The Kier molecular flexibility index (Phi) is 1.93. The highest BCUT2D eigenvalue weighted by Crippen LogP contribution is 2.18. The van der Waals surface area contributed by atoms with E-state index in [-0.39, 0.29) is 11.9 Å². The molecule has 0 saturated carbocycles. The monoisotopic (exact) mass is 176 g/mol. The molecule has 13 heavy (non-hydrogen) atoms. The van der Waals surface area contributed by atoms with Crippen molar-refractivity contribution in [2.45, 2.75) is 20.0 Å². The van der Waals surface area contributed by atoms with Crippen molar-refractivity contribution in [1.29, 1.82) is 0 Å². The number of aryl methyl sites for hydroxylation is 2. The van der Waals surface area contributed by atoms with E-state index >= 15 is 0 Å². The summed E-state index contributed by atoms with van der Waals surface area (Å²) in [6.07, 6.45) is -0.165. The van der Waals surface area contributed by atoms with Crippen LogP contribution >= 0.6 is 0 Å². The summed E-state index contributed by atoms with van der Waals surface area (Å²) in [6.45, 7) is 4.64. The Morgan fingerprint density at radius 1 is 1.38 bits per heavy atom. The Hall–Kier alpha value is -1.15. The topological polar surface area (TPSA) is 29.6 Å². The van der Waals surface area contributed by atoms with Gasteiger partial charge in [0.05, 0.1) is 6.61 Å². The van der Waals surface area contributed by atoms with Gasteiger partial charge >= 0.3 is 0 Å². The molecule has 2 heteroatoms. The zero-order valence-corrected chi connectivity index (χ0v) is 7.83. The van der Waals surface area contributed by atoms with Crippen LogP contribution in [0.25, 0.3) is 0 Å². The smallest absolute Gasteiger partial charge is 0.193 e. The van der Waals surface area contributed by atoms with Gasteiger partial charge in [-0.3, -0.25) is 4.79 Å². The number of ketones is 1. The highest BCUT2D eigenvalue weighted by Gasteiger charge is 2.31. The van der Waals surface area contributed by atoms with E-state index in [1.807, 2.05) is 32.0 Å². The van der Waals surface area contributed by atoms with Crippen molar-refractivity contribution < 1.29 is 9.53 Å². The summed E-state index contributed by atoms with van der Waals surface area (Å²) in [5, 5.41) is 0. The molecule has 0 radical (unpaired) electrons.